The van der Waals surface area contributed by atoms with Gasteiger partial charge in [0.25, 0.3) is 5.91 Å². The van der Waals surface area contributed by atoms with E-state index in [-0.39, 0.29) is 103 Å². The molecule has 0 saturated carbocycles. The zero-order valence-corrected chi connectivity index (χ0v) is 70.1. The van der Waals surface area contributed by atoms with Gasteiger partial charge in [-0.05, 0) is 151 Å². The molecule has 0 bridgehead atoms. The van der Waals surface area contributed by atoms with Crippen molar-refractivity contribution in [3.05, 3.63) is 120 Å². The predicted molar refractivity (Wildman–Crippen MR) is 449 cm³/mol. The minimum Gasteiger partial charge on any atom is -0.481 e. The number of nitrogens with two attached hydrogens (primary N) is 5. The molecule has 0 aliphatic carbocycles. The Morgan fingerprint density at radius 2 is 1.25 bits per heavy atom. The van der Waals surface area contributed by atoms with E-state index in [0.717, 1.165) is 11.6 Å². The lowest BCUT2D eigenvalue weighted by Gasteiger charge is -2.29. The summed E-state index contributed by atoms with van der Waals surface area (Å²) >= 11 is 1.24. The molecule has 0 radical (unpaired) electrons. The fourth-order valence-corrected chi connectivity index (χ4v) is 13.7. The molecule has 0 spiro atoms. The van der Waals surface area contributed by atoms with Gasteiger partial charge in [-0.15, -0.1) is 0 Å². The highest BCUT2D eigenvalue weighted by Gasteiger charge is 2.39. The van der Waals surface area contributed by atoms with E-state index in [9.17, 15) is 82.4 Å². The molecule has 1 saturated heterocycles. The highest BCUT2D eigenvalue weighted by molar-refractivity contribution is 7.99. The van der Waals surface area contributed by atoms with Gasteiger partial charge in [0, 0.05) is 66.8 Å². The van der Waals surface area contributed by atoms with E-state index in [4.69, 9.17) is 38.5 Å². The van der Waals surface area contributed by atoms with E-state index >= 15 is 4.79 Å². The number of hydrogen-bond donors (Lipinski definition) is 20. The van der Waals surface area contributed by atoms with Crippen molar-refractivity contribution in [1.82, 2.24) is 83.5 Å². The number of carboxylic acids is 1. The lowest BCUT2D eigenvalue weighted by molar-refractivity contribution is -0.152. The summed E-state index contributed by atoms with van der Waals surface area (Å²) in [6.45, 7) is 5.65. The van der Waals surface area contributed by atoms with Crippen molar-refractivity contribution >= 4 is 124 Å². The van der Waals surface area contributed by atoms with Crippen LogP contribution in [0.4, 0.5) is 4.79 Å². The van der Waals surface area contributed by atoms with E-state index in [2.05, 4.69) is 68.8 Å². The third-order valence-electron chi connectivity index (χ3n) is 19.7. The van der Waals surface area contributed by atoms with Gasteiger partial charge in [0.15, 0.2) is 0 Å². The van der Waals surface area contributed by atoms with Crippen LogP contribution < -0.4 is 92.5 Å². The quantitative estimate of drug-likeness (QED) is 0.0175. The number of benzene rings is 3. The van der Waals surface area contributed by atoms with Crippen LogP contribution in [-0.2, 0) is 73.5 Å². The average molecular weight is 1720 g/mol. The zero-order valence-electron chi connectivity index (χ0n) is 69.2. The summed E-state index contributed by atoms with van der Waals surface area (Å²) in [6.07, 6.45) is -0.758. The minimum absolute atomic E-state index is 0.00537. The Hall–Kier alpha value is -11.9. The molecule has 14 atom stereocenters. The number of carbonyl (C=O) groups is 15. The van der Waals surface area contributed by atoms with Crippen molar-refractivity contribution in [1.29, 1.82) is 0 Å². The van der Waals surface area contributed by atoms with Crippen molar-refractivity contribution in [3.63, 3.8) is 0 Å². The molecule has 25 N–H and O–H groups in total. The van der Waals surface area contributed by atoms with Gasteiger partial charge in [-0.1, -0.05) is 88.0 Å². The van der Waals surface area contributed by atoms with E-state index < -0.39 is 193 Å². The Morgan fingerprint density at radius 3 is 1.84 bits per heavy atom. The number of hydrogen-bond acceptors (Lipinski definition) is 26. The van der Waals surface area contributed by atoms with Crippen LogP contribution in [0.5, 0.6) is 0 Å². The fraction of sp³-hybridized carbons (Fsp3) is 0.494. The topological polar surface area (TPSA) is 634 Å². The van der Waals surface area contributed by atoms with Crippen LogP contribution in [0.1, 0.15) is 120 Å². The molecule has 3 heterocycles. The molecular formula is C81H115N21O19S. The molecule has 2 unspecified atom stereocenters. The first-order valence-corrected chi connectivity index (χ1v) is 41.0. The summed E-state index contributed by atoms with van der Waals surface area (Å²) in [5, 5.41) is 67.1. The number of nitrogens with one attached hydrogen (secondary N) is 12. The van der Waals surface area contributed by atoms with Gasteiger partial charge < -0.3 is 117 Å². The molecule has 2 aromatic heterocycles. The first-order valence-electron chi connectivity index (χ1n) is 40.2. The number of pyridine rings is 1. The molecule has 40 nitrogen and oxygen atoms in total. The van der Waals surface area contributed by atoms with Crippen LogP contribution >= 0.6 is 11.8 Å². The molecule has 1 aliphatic heterocycles. The number of aliphatic hydroxyl groups excluding tert-OH is 2. The molecular weight excluding hydrogens is 1600 g/mol. The second kappa shape index (κ2) is 49.8. The number of fused-ring (bicyclic) bond motifs is 1. The monoisotopic (exact) mass is 1720 g/mol. The van der Waals surface area contributed by atoms with Gasteiger partial charge in [-0.25, -0.2) is 4.79 Å². The van der Waals surface area contributed by atoms with Crippen molar-refractivity contribution in [2.45, 2.75) is 182 Å². The number of ether oxygens (including phenoxy) is 1. The van der Waals surface area contributed by atoms with Gasteiger partial charge in [0.05, 0.1) is 53.2 Å². The van der Waals surface area contributed by atoms with Gasteiger partial charge in [0.2, 0.25) is 65.0 Å². The summed E-state index contributed by atoms with van der Waals surface area (Å²) in [6, 6.07) is 9.50. The largest absolute Gasteiger partial charge is 0.481 e. The van der Waals surface area contributed by atoms with E-state index in [0.29, 0.717) is 43.2 Å². The number of aromatic nitrogens is 3. The van der Waals surface area contributed by atoms with Crippen LogP contribution in [0.3, 0.4) is 0 Å². The van der Waals surface area contributed by atoms with Gasteiger partial charge in [0.1, 0.15) is 61.0 Å². The maximum Gasteiger partial charge on any atom is 0.345 e. The average Bonchev–Trinajstić information content (AvgIpc) is 1.62. The molecule has 122 heavy (non-hydrogen) atoms. The number of carboxylic acid groups (broad SMARTS) is 1. The van der Waals surface area contributed by atoms with Crippen LogP contribution in [0, 0.1) is 17.8 Å². The Labute approximate surface area is 709 Å². The normalized spacial score (nSPS) is 19.7. The lowest BCUT2D eigenvalue weighted by atomic mass is 9.94. The smallest absolute Gasteiger partial charge is 0.345 e. The molecule has 1 aliphatic rings. The highest BCUT2D eigenvalue weighted by atomic mass is 32.2. The number of aliphatic carboxylic acids is 1. The standard InChI is InChI=1S/C81H115N21O19S/c1-44(2)41-61-76(115)93-56(26-31-82)71(110)92-59(29-34-85)75(114)99-66(47(5)103)78(117)89-36-30-60(74(113)91-57(27-32-83)73(112)97-62(77(116)96-61)42-49-15-9-8-10-16-49)94-72(111)58(28-33-84)95-79(118)67(48(6)104)98-68(107)45(3)46(4)80(119)121-40-39-101(38-37-90-70(109)54(86)23-25-65(105)106)81(120)102-63-43-51(122-64-19-12-11-18-53(64)69(108)87-7)21-22-52(63)55(100-102)24-20-50-17-13-14-35-88-50/h8-22,24,35,43-48,54,56-62,66-67,103-104H,23,25-34,36-42,82-86H2,1-7H3,(H,87,108)(H,89,117)(H,90,109)(H,91,113)(H,92,110)(H,93,115)(H,94,111)(H,95,118)(H,96,116)(H,97,112)(H,98,107)(H,99,114)(H,105,106)/b24-20+/t45?,46?,47-,48-,54+,56+,57+,58+,59+,60+,61+,62-,66+,67+/m1/s1. The Morgan fingerprint density at radius 1 is 0.648 bits per heavy atom. The van der Waals surface area contributed by atoms with Crippen molar-refractivity contribution in [2.24, 2.45) is 46.4 Å². The SMILES string of the molecule is CNC(=O)c1ccccc1Sc1ccc2c(/C=C/c3ccccn3)nn(C(=O)N(CCNC(=O)[C@@H](N)CCC(=O)O)CCOC(=O)C(C)C(C)C(=O)N[C@H](C(=O)N[C@@H](CCN)C(=O)N[C@H]3CCNC(=O)[C@H]([C@@H](C)O)NC(=O)[C@H](CCN)NC(=O)[C@H](CCN)NC(=O)[C@H](CC(C)C)NC(=O)[C@@H](Cc4ccccc4)NC(=O)[C@H](CCN)NC3=O)[C@@H](C)O)c2c1. The van der Waals surface area contributed by atoms with E-state index in [1.165, 1.54) is 44.5 Å². The molecule has 13 amide bonds. The van der Waals surface area contributed by atoms with Crippen LogP contribution in [0.2, 0.25) is 0 Å². The first-order chi connectivity index (χ1) is 58.1. The van der Waals surface area contributed by atoms with Crippen LogP contribution in [0.15, 0.2) is 107 Å². The maximum absolute atomic E-state index is 15.1. The zero-order chi connectivity index (χ0) is 89.9. The van der Waals surface area contributed by atoms with Gasteiger partial charge in [-0.2, -0.15) is 9.78 Å². The molecule has 664 valence electrons. The number of carbonyl (C=O) groups excluding carboxylic acids is 14. The maximum atomic E-state index is 15.1. The number of esters is 1. The van der Waals surface area contributed by atoms with Crippen molar-refractivity contribution in [2.75, 3.05) is 66.0 Å². The second-order valence-corrected chi connectivity index (χ2v) is 30.8. The summed E-state index contributed by atoms with van der Waals surface area (Å²) in [5.74, 6) is -16.1. The molecule has 41 heteroatoms. The third kappa shape index (κ3) is 30.4. The number of aliphatic hydroxyl groups is 2. The summed E-state index contributed by atoms with van der Waals surface area (Å²) in [7, 11) is 1.50. The molecule has 6 rings (SSSR count). The Kier molecular flexibility index (Phi) is 40.4. The van der Waals surface area contributed by atoms with Gasteiger partial charge >= 0.3 is 18.0 Å². The second-order valence-electron chi connectivity index (χ2n) is 29.7. The number of amides is 13. The Balaban J connectivity index is 1.24. The number of rotatable bonds is 37. The van der Waals surface area contributed by atoms with Crippen LogP contribution in [-0.4, -0.2) is 262 Å². The van der Waals surface area contributed by atoms with E-state index in [1.807, 2.05) is 0 Å². The summed E-state index contributed by atoms with van der Waals surface area (Å²) in [5.41, 5.74) is 31.9. The van der Waals surface area contributed by atoms with Gasteiger partial charge in [-0.3, -0.25) is 72.1 Å². The van der Waals surface area contributed by atoms with E-state index in [1.54, 1.807) is 123 Å². The first kappa shape index (κ1) is 99.0. The molecule has 5 aromatic rings. The summed E-state index contributed by atoms with van der Waals surface area (Å²) < 4.78 is 6.82. The Bertz CT molecular complexity index is 4460. The fourth-order valence-electron chi connectivity index (χ4n) is 12.7. The van der Waals surface area contributed by atoms with Crippen molar-refractivity contribution < 1.29 is 92.0 Å². The molecule has 1 fully saturated rings. The third-order valence-corrected chi connectivity index (χ3v) is 20.8. The summed E-state index contributed by atoms with van der Waals surface area (Å²) in [4.78, 5) is 217. The highest BCUT2D eigenvalue weighted by Crippen LogP contribution is 2.34. The lowest BCUT2D eigenvalue weighted by Crippen LogP contribution is -2.61. The minimum atomic E-state index is -1.87. The predicted octanol–water partition coefficient (Wildman–Crippen LogP) is -3.17. The van der Waals surface area contributed by atoms with Crippen molar-refractivity contribution in [3.8, 4) is 0 Å². The van der Waals surface area contributed by atoms with Crippen LogP contribution in [0.25, 0.3) is 23.1 Å². The molecule has 3 aromatic carbocycles. The number of nitrogens with zero attached hydrogens (tertiary/aromatic N) is 4.